The average molecular weight is 307 g/mol. The lowest BCUT2D eigenvalue weighted by molar-refractivity contribution is -0.134. The van der Waals surface area contributed by atoms with Crippen molar-refractivity contribution >= 4 is 33.8 Å². The largest absolute Gasteiger partial charge is 0.383 e. The molecule has 1 unspecified atom stereocenters. The molecule has 0 spiro atoms. The topological polar surface area (TPSA) is 46.6 Å². The summed E-state index contributed by atoms with van der Waals surface area (Å²) in [5.74, 6) is 1.03. The number of rotatable bonds is 10. The van der Waals surface area contributed by atoms with E-state index in [2.05, 4.69) is 13.8 Å². The van der Waals surface area contributed by atoms with Crippen LogP contribution in [0.3, 0.4) is 0 Å². The number of aldehydes is 1. The standard InChI is InChI=1S/C13H25NO3S2/c1-6-18-19-13(3,10-17-5)8-7-12(16)14(4)11(2)9-15/h9,11H,6-8,10H2,1-5H3/t11-,13?/m0/s1. The molecule has 0 saturated heterocycles. The molecule has 19 heavy (non-hydrogen) atoms. The zero-order valence-corrected chi connectivity index (χ0v) is 14.1. The lowest BCUT2D eigenvalue weighted by atomic mass is 10.0. The molecule has 6 heteroatoms. The van der Waals surface area contributed by atoms with Gasteiger partial charge in [-0.1, -0.05) is 28.5 Å². The molecule has 0 aromatic rings. The third-order valence-electron chi connectivity index (χ3n) is 2.90. The van der Waals surface area contributed by atoms with Gasteiger partial charge in [0.2, 0.25) is 5.91 Å². The van der Waals surface area contributed by atoms with Crippen LogP contribution in [-0.4, -0.2) is 54.4 Å². The van der Waals surface area contributed by atoms with Gasteiger partial charge in [0.05, 0.1) is 12.6 Å². The lowest BCUT2D eigenvalue weighted by Crippen LogP contribution is -2.37. The Hall–Kier alpha value is -0.200. The second-order valence-corrected chi connectivity index (χ2v) is 7.93. The van der Waals surface area contributed by atoms with E-state index in [1.165, 1.54) is 4.90 Å². The van der Waals surface area contributed by atoms with Gasteiger partial charge in [0.1, 0.15) is 6.29 Å². The summed E-state index contributed by atoms with van der Waals surface area (Å²) in [6.45, 7) is 6.56. The highest BCUT2D eigenvalue weighted by Gasteiger charge is 2.27. The van der Waals surface area contributed by atoms with Crippen LogP contribution in [0.2, 0.25) is 0 Å². The van der Waals surface area contributed by atoms with Crippen LogP contribution in [0.4, 0.5) is 0 Å². The fourth-order valence-electron chi connectivity index (χ4n) is 1.51. The van der Waals surface area contributed by atoms with Gasteiger partial charge in [0.15, 0.2) is 0 Å². The van der Waals surface area contributed by atoms with Crippen LogP contribution in [0.25, 0.3) is 0 Å². The van der Waals surface area contributed by atoms with Crippen molar-refractivity contribution in [2.45, 2.75) is 44.4 Å². The Labute approximate surface area is 124 Å². The van der Waals surface area contributed by atoms with Gasteiger partial charge in [-0.15, -0.1) is 0 Å². The molecule has 0 fully saturated rings. The maximum atomic E-state index is 12.0. The number of ether oxygens (including phenoxy) is 1. The second-order valence-electron chi connectivity index (χ2n) is 4.75. The van der Waals surface area contributed by atoms with Crippen molar-refractivity contribution in [3.8, 4) is 0 Å². The SMILES string of the molecule is CCSSC(C)(CCC(=O)N(C)[C@@H](C)C=O)COC. The Morgan fingerprint density at radius 1 is 1.53 bits per heavy atom. The Morgan fingerprint density at radius 2 is 2.16 bits per heavy atom. The molecular weight excluding hydrogens is 282 g/mol. The van der Waals surface area contributed by atoms with Gasteiger partial charge in [-0.05, 0) is 20.3 Å². The zero-order chi connectivity index (χ0) is 14.9. The van der Waals surface area contributed by atoms with Gasteiger partial charge in [-0.25, -0.2) is 0 Å². The number of amides is 1. The maximum Gasteiger partial charge on any atom is 0.222 e. The first-order valence-corrected chi connectivity index (χ1v) is 8.72. The summed E-state index contributed by atoms with van der Waals surface area (Å²) in [4.78, 5) is 24.2. The third kappa shape index (κ3) is 7.22. The highest BCUT2D eigenvalue weighted by Crippen LogP contribution is 2.39. The van der Waals surface area contributed by atoms with Crippen LogP contribution in [-0.2, 0) is 14.3 Å². The normalized spacial score (nSPS) is 15.6. The summed E-state index contributed by atoms with van der Waals surface area (Å²) in [6.07, 6.45) is 1.97. The smallest absolute Gasteiger partial charge is 0.222 e. The first-order valence-electron chi connectivity index (χ1n) is 6.40. The van der Waals surface area contributed by atoms with Crippen LogP contribution in [0, 0.1) is 0 Å². The summed E-state index contributed by atoms with van der Waals surface area (Å²) in [7, 11) is 6.90. The van der Waals surface area contributed by atoms with E-state index >= 15 is 0 Å². The Kier molecular flexibility index (Phi) is 9.56. The van der Waals surface area contributed by atoms with E-state index in [4.69, 9.17) is 4.74 Å². The second kappa shape index (κ2) is 9.66. The summed E-state index contributed by atoms with van der Waals surface area (Å²) in [6, 6.07) is -0.362. The fourth-order valence-corrected chi connectivity index (χ4v) is 3.87. The molecule has 1 amide bonds. The van der Waals surface area contributed by atoms with Crippen molar-refractivity contribution in [1.29, 1.82) is 0 Å². The number of hydrogen-bond donors (Lipinski definition) is 0. The molecular formula is C13H25NO3S2. The van der Waals surface area contributed by atoms with E-state index in [1.54, 1.807) is 42.7 Å². The molecule has 0 aliphatic carbocycles. The van der Waals surface area contributed by atoms with Crippen LogP contribution in [0.15, 0.2) is 0 Å². The molecule has 0 aliphatic rings. The quantitative estimate of drug-likeness (QED) is 0.458. The van der Waals surface area contributed by atoms with Gasteiger partial charge in [-0.3, -0.25) is 4.79 Å². The van der Waals surface area contributed by atoms with Crippen molar-refractivity contribution in [3.05, 3.63) is 0 Å². The van der Waals surface area contributed by atoms with Crippen LogP contribution < -0.4 is 0 Å². The van der Waals surface area contributed by atoms with E-state index in [9.17, 15) is 9.59 Å². The van der Waals surface area contributed by atoms with Crippen molar-refractivity contribution in [1.82, 2.24) is 4.90 Å². The minimum atomic E-state index is -0.362. The molecule has 0 aromatic carbocycles. The molecule has 0 bridgehead atoms. The molecule has 0 aliphatic heterocycles. The van der Waals surface area contributed by atoms with Gasteiger partial charge in [0, 0.05) is 31.1 Å². The van der Waals surface area contributed by atoms with E-state index in [0.29, 0.717) is 13.0 Å². The van der Waals surface area contributed by atoms with E-state index in [0.717, 1.165) is 18.5 Å². The first kappa shape index (κ1) is 18.8. The van der Waals surface area contributed by atoms with Crippen molar-refractivity contribution in [3.63, 3.8) is 0 Å². The summed E-state index contributed by atoms with van der Waals surface area (Å²) in [5.41, 5.74) is 0. The molecule has 0 heterocycles. The predicted octanol–water partition coefficient (Wildman–Crippen LogP) is 2.62. The highest BCUT2D eigenvalue weighted by atomic mass is 33.1. The molecule has 0 aromatic heterocycles. The maximum absolute atomic E-state index is 12.0. The van der Waals surface area contributed by atoms with Gasteiger partial charge in [0.25, 0.3) is 0 Å². The molecule has 0 radical (unpaired) electrons. The third-order valence-corrected chi connectivity index (χ3v) is 6.24. The monoisotopic (exact) mass is 307 g/mol. The van der Waals surface area contributed by atoms with Crippen LogP contribution in [0.5, 0.6) is 0 Å². The molecule has 0 rings (SSSR count). The molecule has 4 nitrogen and oxygen atoms in total. The predicted molar refractivity (Wildman–Crippen MR) is 83.5 cm³/mol. The van der Waals surface area contributed by atoms with Crippen molar-refractivity contribution < 1.29 is 14.3 Å². The zero-order valence-electron chi connectivity index (χ0n) is 12.5. The minimum absolute atomic E-state index is 0.00373. The molecule has 2 atom stereocenters. The van der Waals surface area contributed by atoms with E-state index in [1.807, 2.05) is 0 Å². The number of methoxy groups -OCH3 is 1. The highest BCUT2D eigenvalue weighted by molar-refractivity contribution is 8.77. The Morgan fingerprint density at radius 3 is 2.63 bits per heavy atom. The number of carbonyl (C=O) groups is 2. The lowest BCUT2D eigenvalue weighted by Gasteiger charge is -2.28. The summed E-state index contributed by atoms with van der Waals surface area (Å²) >= 11 is 0. The van der Waals surface area contributed by atoms with Crippen LogP contribution >= 0.6 is 21.6 Å². The van der Waals surface area contributed by atoms with Crippen LogP contribution in [0.1, 0.15) is 33.6 Å². The van der Waals surface area contributed by atoms with Gasteiger partial charge >= 0.3 is 0 Å². The van der Waals surface area contributed by atoms with E-state index in [-0.39, 0.29) is 16.7 Å². The molecule has 0 saturated carbocycles. The summed E-state index contributed by atoms with van der Waals surface area (Å²) < 4.78 is 5.18. The van der Waals surface area contributed by atoms with Crippen molar-refractivity contribution in [2.24, 2.45) is 0 Å². The number of likely N-dealkylation sites (N-methyl/N-ethyl adjacent to an activating group) is 1. The Balaban J connectivity index is 4.38. The minimum Gasteiger partial charge on any atom is -0.383 e. The van der Waals surface area contributed by atoms with Gasteiger partial charge < -0.3 is 14.4 Å². The summed E-state index contributed by atoms with van der Waals surface area (Å²) in [5, 5.41) is 0. The number of nitrogens with zero attached hydrogens (tertiary/aromatic N) is 1. The molecule has 112 valence electrons. The fraction of sp³-hybridized carbons (Fsp3) is 0.846. The van der Waals surface area contributed by atoms with Gasteiger partial charge in [-0.2, -0.15) is 0 Å². The average Bonchev–Trinajstić information content (AvgIpc) is 2.41. The number of carbonyl (C=O) groups excluding carboxylic acids is 2. The molecule has 0 N–H and O–H groups in total. The first-order chi connectivity index (χ1) is 8.90. The number of hydrogen-bond acceptors (Lipinski definition) is 5. The van der Waals surface area contributed by atoms with Crippen molar-refractivity contribution in [2.75, 3.05) is 26.5 Å². The Bertz CT molecular complexity index is 289. The van der Waals surface area contributed by atoms with E-state index < -0.39 is 0 Å².